The van der Waals surface area contributed by atoms with Crippen LogP contribution in [-0.2, 0) is 19.4 Å². The van der Waals surface area contributed by atoms with Gasteiger partial charge >= 0.3 is 5.97 Å². The number of aromatic carboxylic acids is 1. The Morgan fingerprint density at radius 1 is 1.08 bits per heavy atom. The van der Waals surface area contributed by atoms with Crippen molar-refractivity contribution in [1.29, 1.82) is 0 Å². The summed E-state index contributed by atoms with van der Waals surface area (Å²) in [6.45, 7) is 2.52. The highest BCUT2D eigenvalue weighted by Gasteiger charge is 2.15. The number of carboxylic acid groups (broad SMARTS) is 1. The van der Waals surface area contributed by atoms with Crippen LogP contribution in [-0.4, -0.2) is 44.1 Å². The van der Waals surface area contributed by atoms with Gasteiger partial charge in [-0.15, -0.1) is 0 Å². The van der Waals surface area contributed by atoms with Gasteiger partial charge in [0, 0.05) is 31.3 Å². The van der Waals surface area contributed by atoms with Crippen LogP contribution in [0.3, 0.4) is 0 Å². The monoisotopic (exact) mass is 370 g/mol. The van der Waals surface area contributed by atoms with E-state index in [1.54, 1.807) is 0 Å². The molecule has 138 valence electrons. The minimum Gasteiger partial charge on any atom is -0.478 e. The second-order valence-corrected chi connectivity index (χ2v) is 7.59. The summed E-state index contributed by atoms with van der Waals surface area (Å²) in [5, 5.41) is 14.2. The van der Waals surface area contributed by atoms with Crippen molar-refractivity contribution in [3.05, 3.63) is 23.8 Å². The van der Waals surface area contributed by atoms with Gasteiger partial charge in [0.2, 0.25) is 11.8 Å². The van der Waals surface area contributed by atoms with E-state index >= 15 is 0 Å². The maximum Gasteiger partial charge on any atom is 0.335 e. The number of amides is 2. The van der Waals surface area contributed by atoms with Crippen molar-refractivity contribution < 1.29 is 27.9 Å². The summed E-state index contributed by atoms with van der Waals surface area (Å²) in [6.07, 6.45) is 2.38. The van der Waals surface area contributed by atoms with Crippen molar-refractivity contribution in [1.82, 2.24) is 5.32 Å². The number of carbonyl (C=O) groups excluding carboxylic acids is 2. The zero-order valence-electron chi connectivity index (χ0n) is 14.2. The number of sulfone groups is 1. The highest BCUT2D eigenvalue weighted by Crippen LogP contribution is 2.19. The molecule has 0 atom stereocenters. The molecule has 3 N–H and O–H groups in total. The smallest absolute Gasteiger partial charge is 0.335 e. The lowest BCUT2D eigenvalue weighted by Crippen LogP contribution is -2.24. The Morgan fingerprint density at radius 3 is 2.28 bits per heavy atom. The predicted molar refractivity (Wildman–Crippen MR) is 92.3 cm³/mol. The van der Waals surface area contributed by atoms with E-state index in [1.807, 2.05) is 6.92 Å². The molecule has 0 spiro atoms. The lowest BCUT2D eigenvalue weighted by molar-refractivity contribution is -0.121. The molecule has 0 saturated carbocycles. The summed E-state index contributed by atoms with van der Waals surface area (Å²) in [6, 6.07) is 3.42. The molecule has 1 aromatic carbocycles. The molecule has 25 heavy (non-hydrogen) atoms. The first-order valence-corrected chi connectivity index (χ1v) is 9.67. The van der Waals surface area contributed by atoms with Gasteiger partial charge in [-0.25, -0.2) is 13.2 Å². The highest BCUT2D eigenvalue weighted by molar-refractivity contribution is 7.90. The predicted octanol–water partition coefficient (Wildman–Crippen LogP) is 1.42. The molecule has 1 rings (SSSR count). The number of benzene rings is 1. The van der Waals surface area contributed by atoms with Crippen LogP contribution in [0.4, 0.5) is 5.69 Å². The van der Waals surface area contributed by atoms with Crippen LogP contribution < -0.4 is 10.6 Å². The first kappa shape index (κ1) is 20.6. The summed E-state index contributed by atoms with van der Waals surface area (Å²) in [5.74, 6) is -1.86. The Hall–Kier alpha value is -2.42. The third-order valence-electron chi connectivity index (χ3n) is 3.25. The highest BCUT2D eigenvalue weighted by atomic mass is 32.2. The second kappa shape index (κ2) is 9.16. The summed E-state index contributed by atoms with van der Waals surface area (Å²) in [5.41, 5.74) is -0.155. The fourth-order valence-corrected chi connectivity index (χ4v) is 2.68. The van der Waals surface area contributed by atoms with Crippen molar-refractivity contribution in [2.24, 2.45) is 0 Å². The molecule has 8 nitrogen and oxygen atoms in total. The standard InChI is InChI=1S/C16H22N2O6S/c1-3-7-17-14(19)5-4-6-15(20)18-12-8-11(16(21)22)9-13(10-12)25(2,23)24/h8-10H,3-7H2,1-2H3,(H,17,19)(H,18,20)(H,21,22). The second-order valence-electron chi connectivity index (χ2n) is 5.58. The molecular formula is C16H22N2O6S. The SMILES string of the molecule is CCCNC(=O)CCCC(=O)Nc1cc(C(=O)O)cc(S(C)(=O)=O)c1. The number of hydrogen-bond acceptors (Lipinski definition) is 5. The van der Waals surface area contributed by atoms with Crippen molar-refractivity contribution in [3.8, 4) is 0 Å². The average Bonchev–Trinajstić information content (AvgIpc) is 2.51. The molecule has 2 amide bonds. The number of carbonyl (C=O) groups is 3. The Labute approximate surface area is 146 Å². The van der Waals surface area contributed by atoms with Crippen molar-refractivity contribution in [2.75, 3.05) is 18.1 Å². The van der Waals surface area contributed by atoms with Crippen LogP contribution in [0, 0.1) is 0 Å². The Balaban J connectivity index is 2.72. The van der Waals surface area contributed by atoms with E-state index in [2.05, 4.69) is 10.6 Å². The van der Waals surface area contributed by atoms with Crippen LogP contribution in [0.25, 0.3) is 0 Å². The third kappa shape index (κ3) is 7.34. The average molecular weight is 370 g/mol. The van der Waals surface area contributed by atoms with E-state index in [-0.39, 0.29) is 34.9 Å². The van der Waals surface area contributed by atoms with Crippen LogP contribution in [0.1, 0.15) is 43.0 Å². The van der Waals surface area contributed by atoms with Crippen LogP contribution in [0.15, 0.2) is 23.1 Å². The Bertz CT molecular complexity index is 758. The molecule has 0 unspecified atom stereocenters. The van der Waals surface area contributed by atoms with Gasteiger partial charge in [-0.1, -0.05) is 6.92 Å². The molecular weight excluding hydrogens is 348 g/mol. The molecule has 0 heterocycles. The molecule has 0 saturated heterocycles. The van der Waals surface area contributed by atoms with Gasteiger partial charge in [-0.3, -0.25) is 9.59 Å². The van der Waals surface area contributed by atoms with Gasteiger partial charge in [-0.05, 0) is 31.0 Å². The molecule has 0 aliphatic carbocycles. The summed E-state index contributed by atoms with van der Waals surface area (Å²) < 4.78 is 23.3. The summed E-state index contributed by atoms with van der Waals surface area (Å²) in [7, 11) is -3.62. The van der Waals surface area contributed by atoms with E-state index < -0.39 is 21.7 Å². The molecule has 0 fully saturated rings. The van der Waals surface area contributed by atoms with Crippen LogP contribution in [0.2, 0.25) is 0 Å². The van der Waals surface area contributed by atoms with Gasteiger partial charge < -0.3 is 15.7 Å². The van der Waals surface area contributed by atoms with Gasteiger partial charge in [0.25, 0.3) is 0 Å². The first-order chi connectivity index (χ1) is 11.6. The number of hydrogen-bond donors (Lipinski definition) is 3. The molecule has 1 aromatic rings. The Morgan fingerprint density at radius 2 is 1.72 bits per heavy atom. The molecule has 0 aromatic heterocycles. The summed E-state index contributed by atoms with van der Waals surface area (Å²) in [4.78, 5) is 34.3. The zero-order valence-corrected chi connectivity index (χ0v) is 15.0. The minimum absolute atomic E-state index is 0.0606. The largest absolute Gasteiger partial charge is 0.478 e. The fourth-order valence-electron chi connectivity index (χ4n) is 1.99. The van der Waals surface area contributed by atoms with Gasteiger partial charge in [0.05, 0.1) is 10.5 Å². The van der Waals surface area contributed by atoms with Crippen LogP contribution >= 0.6 is 0 Å². The van der Waals surface area contributed by atoms with Gasteiger partial charge in [0.1, 0.15) is 0 Å². The van der Waals surface area contributed by atoms with E-state index in [0.29, 0.717) is 13.0 Å². The maximum atomic E-state index is 11.9. The molecule has 0 aliphatic heterocycles. The maximum absolute atomic E-state index is 11.9. The number of nitrogens with one attached hydrogen (secondary N) is 2. The van der Waals surface area contributed by atoms with E-state index in [4.69, 9.17) is 5.11 Å². The zero-order chi connectivity index (χ0) is 19.0. The lowest BCUT2D eigenvalue weighted by atomic mass is 10.2. The first-order valence-electron chi connectivity index (χ1n) is 7.78. The molecule has 0 bridgehead atoms. The molecule has 0 radical (unpaired) electrons. The van der Waals surface area contributed by atoms with Crippen molar-refractivity contribution >= 4 is 33.3 Å². The summed E-state index contributed by atoms with van der Waals surface area (Å²) >= 11 is 0. The van der Waals surface area contributed by atoms with E-state index in [1.165, 1.54) is 12.1 Å². The van der Waals surface area contributed by atoms with E-state index in [0.717, 1.165) is 18.7 Å². The van der Waals surface area contributed by atoms with E-state index in [9.17, 15) is 22.8 Å². The Kier molecular flexibility index (Phi) is 7.56. The van der Waals surface area contributed by atoms with Gasteiger partial charge in [-0.2, -0.15) is 0 Å². The van der Waals surface area contributed by atoms with Crippen molar-refractivity contribution in [2.45, 2.75) is 37.5 Å². The van der Waals surface area contributed by atoms with Gasteiger partial charge in [0.15, 0.2) is 9.84 Å². The van der Waals surface area contributed by atoms with Crippen LogP contribution in [0.5, 0.6) is 0 Å². The molecule has 9 heteroatoms. The quantitative estimate of drug-likeness (QED) is 0.603. The number of anilines is 1. The normalized spacial score (nSPS) is 11.0. The fraction of sp³-hybridized carbons (Fsp3) is 0.438. The topological polar surface area (TPSA) is 130 Å². The number of rotatable bonds is 9. The third-order valence-corrected chi connectivity index (χ3v) is 4.34. The lowest BCUT2D eigenvalue weighted by Gasteiger charge is -2.09. The minimum atomic E-state index is -3.62. The van der Waals surface area contributed by atoms with Crippen molar-refractivity contribution in [3.63, 3.8) is 0 Å². The number of carboxylic acids is 1. The molecule has 0 aliphatic rings.